The van der Waals surface area contributed by atoms with Gasteiger partial charge in [0.2, 0.25) is 5.95 Å². The van der Waals surface area contributed by atoms with Crippen LogP contribution < -0.4 is 5.32 Å². The minimum atomic E-state index is -3.01. The van der Waals surface area contributed by atoms with Crippen LogP contribution in [0.15, 0.2) is 23.3 Å². The number of thiol groups is 2. The number of nitrogens with one attached hydrogen (secondary N) is 1. The Kier molecular flexibility index (Phi) is 7.12. The van der Waals surface area contributed by atoms with Gasteiger partial charge >= 0.3 is 0 Å². The third-order valence-corrected chi connectivity index (χ3v) is 6.07. The average molecular weight is 536 g/mol. The number of likely N-dealkylation sites (N-methyl/N-ethyl adjacent to an activating group) is 1. The number of aryl methyl sites for hydroxylation is 1. The molecule has 1 aromatic carbocycles. The fourth-order valence-corrected chi connectivity index (χ4v) is 4.66. The average Bonchev–Trinajstić information content (AvgIpc) is 3.17. The monoisotopic (exact) mass is 536 g/mol. The molecule has 0 amide bonds. The predicted molar refractivity (Wildman–Crippen MR) is 142 cm³/mol. The molecular formula is C23H25BF4N6S2. The van der Waals surface area contributed by atoms with E-state index in [2.05, 4.69) is 45.6 Å². The quantitative estimate of drug-likeness (QED) is 0.141. The van der Waals surface area contributed by atoms with Crippen molar-refractivity contribution in [1.29, 1.82) is 0 Å². The first kappa shape index (κ1) is 26.8. The molecule has 13 heteroatoms. The summed E-state index contributed by atoms with van der Waals surface area (Å²) in [6.45, 7) is 4.82. The molecule has 1 unspecified atom stereocenters. The molecular weight excluding hydrogens is 511 g/mol. The lowest BCUT2D eigenvalue weighted by Crippen LogP contribution is -2.39. The molecule has 6 nitrogen and oxygen atoms in total. The molecule has 0 saturated carbocycles. The highest BCUT2D eigenvalue weighted by Gasteiger charge is 2.47. The summed E-state index contributed by atoms with van der Waals surface area (Å²) in [4.78, 5) is 10.1. The predicted octanol–water partition coefficient (Wildman–Crippen LogP) is 4.68. The number of likely N-dealkylation sites (tertiary alicyclic amines) is 1. The van der Waals surface area contributed by atoms with E-state index in [1.165, 1.54) is 15.5 Å². The Labute approximate surface area is 218 Å². The molecule has 0 aliphatic carbocycles. The van der Waals surface area contributed by atoms with Crippen LogP contribution >= 0.6 is 25.3 Å². The summed E-state index contributed by atoms with van der Waals surface area (Å²) < 4.78 is 58.9. The highest BCUT2D eigenvalue weighted by molar-refractivity contribution is 8.02. The normalized spacial score (nSPS) is 18.1. The molecule has 0 bridgehead atoms. The molecule has 1 saturated heterocycles. The number of aromatic nitrogens is 3. The molecule has 4 rings (SSSR count). The summed E-state index contributed by atoms with van der Waals surface area (Å²) in [5, 5.41) is 6.89. The Hall–Kier alpha value is -2.25. The Morgan fingerprint density at radius 1 is 1.28 bits per heavy atom. The van der Waals surface area contributed by atoms with Crippen LogP contribution in [0.25, 0.3) is 16.6 Å². The first-order valence-electron chi connectivity index (χ1n) is 11.1. The summed E-state index contributed by atoms with van der Waals surface area (Å²) >= 11 is 8.49. The van der Waals surface area contributed by atoms with Crippen LogP contribution in [0.3, 0.4) is 0 Å². The minimum Gasteiger partial charge on any atom is -0.343 e. The van der Waals surface area contributed by atoms with Crippen molar-refractivity contribution in [2.75, 3.05) is 25.5 Å². The zero-order chi connectivity index (χ0) is 26.6. The van der Waals surface area contributed by atoms with E-state index in [9.17, 15) is 13.2 Å². The maximum Gasteiger partial charge on any atom is 0.281 e. The summed E-state index contributed by atoms with van der Waals surface area (Å²) in [7, 11) is 7.57. The van der Waals surface area contributed by atoms with Crippen molar-refractivity contribution in [1.82, 2.24) is 19.5 Å². The van der Waals surface area contributed by atoms with Gasteiger partial charge in [0.15, 0.2) is 5.82 Å². The van der Waals surface area contributed by atoms with Crippen LogP contribution in [0, 0.1) is 18.6 Å². The van der Waals surface area contributed by atoms with Crippen LogP contribution in [0.5, 0.6) is 0 Å². The van der Waals surface area contributed by atoms with Crippen molar-refractivity contribution < 1.29 is 17.6 Å². The Bertz CT molecular complexity index is 1330. The number of rotatable bonds is 6. The van der Waals surface area contributed by atoms with Crippen LogP contribution in [0.4, 0.5) is 29.2 Å². The van der Waals surface area contributed by atoms with Gasteiger partial charge in [-0.25, -0.2) is 27.1 Å². The molecule has 2 radical (unpaired) electrons. The lowest BCUT2D eigenvalue weighted by Gasteiger charge is -2.21. The number of hydrogen-bond donors (Lipinski definition) is 3. The summed E-state index contributed by atoms with van der Waals surface area (Å²) in [6, 6.07) is 1.56. The van der Waals surface area contributed by atoms with Gasteiger partial charge in [-0.1, -0.05) is 0 Å². The van der Waals surface area contributed by atoms with Crippen LogP contribution in [-0.4, -0.2) is 69.1 Å². The summed E-state index contributed by atoms with van der Waals surface area (Å²) in [5.41, 5.74) is 2.04. The van der Waals surface area contributed by atoms with E-state index in [-0.39, 0.29) is 46.9 Å². The van der Waals surface area contributed by atoms with Crippen molar-refractivity contribution >= 4 is 56.0 Å². The summed E-state index contributed by atoms with van der Waals surface area (Å²) in [5.74, 6) is -4.46. The van der Waals surface area contributed by atoms with E-state index in [0.29, 0.717) is 11.3 Å². The molecule has 3 heterocycles. The highest BCUT2D eigenvalue weighted by atomic mass is 32.2. The van der Waals surface area contributed by atoms with Gasteiger partial charge in [0.05, 0.1) is 24.0 Å². The second-order valence-electron chi connectivity index (χ2n) is 9.42. The summed E-state index contributed by atoms with van der Waals surface area (Å²) in [6.07, 6.45) is 1.01. The van der Waals surface area contributed by atoms with Crippen molar-refractivity contribution in [3.63, 3.8) is 0 Å². The number of alkyl halides is 2. The van der Waals surface area contributed by atoms with Crippen LogP contribution in [0.2, 0.25) is 0 Å². The molecule has 190 valence electrons. The number of anilines is 1. The molecule has 1 N–H and O–H groups in total. The number of fused-ring (bicyclic) bond motifs is 1. The fourth-order valence-electron chi connectivity index (χ4n) is 4.36. The number of halogens is 4. The van der Waals surface area contributed by atoms with Gasteiger partial charge in [-0.15, -0.1) is 5.10 Å². The first-order chi connectivity index (χ1) is 16.6. The molecule has 36 heavy (non-hydrogen) atoms. The Morgan fingerprint density at radius 2 is 1.97 bits per heavy atom. The second kappa shape index (κ2) is 9.57. The topological polar surface area (TPSA) is 57.8 Å². The molecule has 1 atom stereocenters. The van der Waals surface area contributed by atoms with Crippen molar-refractivity contribution in [2.45, 2.75) is 43.1 Å². The van der Waals surface area contributed by atoms with Crippen LogP contribution in [0.1, 0.15) is 25.1 Å². The van der Waals surface area contributed by atoms with Gasteiger partial charge in [-0.05, 0) is 51.1 Å². The molecule has 2 aromatic heterocycles. The number of hydrogen-bond acceptors (Lipinski definition) is 7. The second-order valence-corrected chi connectivity index (χ2v) is 11.4. The fraction of sp³-hybridized carbons (Fsp3) is 0.435. The lowest BCUT2D eigenvalue weighted by molar-refractivity contribution is 0.00583. The van der Waals surface area contributed by atoms with Crippen LogP contribution in [-0.2, 0) is 6.42 Å². The lowest BCUT2D eigenvalue weighted by atomic mass is 9.95. The van der Waals surface area contributed by atoms with Gasteiger partial charge in [-0.2, -0.15) is 25.3 Å². The van der Waals surface area contributed by atoms with Crippen molar-refractivity contribution in [2.24, 2.45) is 4.99 Å². The van der Waals surface area contributed by atoms with Gasteiger partial charge in [0, 0.05) is 28.2 Å². The van der Waals surface area contributed by atoms with Gasteiger partial charge in [0.25, 0.3) is 5.92 Å². The molecule has 3 aromatic rings. The number of benzene rings is 1. The van der Waals surface area contributed by atoms with E-state index in [0.717, 1.165) is 6.20 Å². The van der Waals surface area contributed by atoms with E-state index in [4.69, 9.17) is 7.85 Å². The largest absolute Gasteiger partial charge is 0.343 e. The third-order valence-electron chi connectivity index (χ3n) is 5.75. The molecule has 1 fully saturated rings. The zero-order valence-electron chi connectivity index (χ0n) is 20.2. The van der Waals surface area contributed by atoms with Gasteiger partial charge < -0.3 is 5.32 Å². The Balaban J connectivity index is 1.87. The van der Waals surface area contributed by atoms with E-state index < -0.39 is 34.1 Å². The van der Waals surface area contributed by atoms with E-state index >= 15 is 4.39 Å². The van der Waals surface area contributed by atoms with Gasteiger partial charge in [0.1, 0.15) is 25.4 Å². The maximum absolute atomic E-state index is 15.3. The smallest absolute Gasteiger partial charge is 0.281 e. The maximum atomic E-state index is 15.3. The zero-order valence-corrected chi connectivity index (χ0v) is 21.9. The number of aliphatic imine (C=N–C) groups is 1. The van der Waals surface area contributed by atoms with E-state index in [1.54, 1.807) is 33.9 Å². The highest BCUT2D eigenvalue weighted by Crippen LogP contribution is 2.37. The third kappa shape index (κ3) is 5.52. The molecule has 0 spiro atoms. The molecule has 1 aliphatic heterocycles. The SMILES string of the molecule is [B]C(S)(S)Cc1nc(NC2CN(C)CC2(F)F)nn2cc(F)c(-c3cc(C)c(N=C(C)C)c(F)c3)c12. The van der Waals surface area contributed by atoms with Crippen molar-refractivity contribution in [3.05, 3.63) is 41.2 Å². The van der Waals surface area contributed by atoms with Crippen molar-refractivity contribution in [3.8, 4) is 11.1 Å². The van der Waals surface area contributed by atoms with Gasteiger partial charge in [-0.3, -0.25) is 9.89 Å². The Morgan fingerprint density at radius 3 is 2.53 bits per heavy atom. The standard InChI is InChI=1S/C23H25BF4N6S2/c1-11(2)29-19-12(3)5-13(6-14(19)25)18-15(26)8-34-20(18)16(7-23(24,35)36)30-21(32-34)31-17-9-33(4)10-22(17,27)28/h5-6,8,17,35-36H,7,9-10H2,1-4H3,(H,31,32). The van der Waals surface area contributed by atoms with E-state index in [1.807, 2.05) is 0 Å². The minimum absolute atomic E-state index is 0.0409. The molecule has 1 aliphatic rings. The first-order valence-corrected chi connectivity index (χ1v) is 12.0. The number of nitrogens with zero attached hydrogens (tertiary/aromatic N) is 5.